The number of carbonyl (C=O) groups excluding carboxylic acids is 2. The highest BCUT2D eigenvalue weighted by Gasteiger charge is 2.31. The lowest BCUT2D eigenvalue weighted by atomic mass is 10.0. The number of nitrogens with two attached hydrogens (primary N) is 1. The fourth-order valence-electron chi connectivity index (χ4n) is 3.69. The first-order valence-electron chi connectivity index (χ1n) is 9.24. The lowest BCUT2D eigenvalue weighted by molar-refractivity contribution is 0.0735. The number of primary amides is 1. The van der Waals surface area contributed by atoms with Gasteiger partial charge in [0.25, 0.3) is 5.91 Å². The van der Waals surface area contributed by atoms with Gasteiger partial charge in [-0.1, -0.05) is 6.07 Å². The number of likely N-dealkylation sites (tertiary alicyclic amines) is 1. The molecule has 0 saturated carbocycles. The molecular formula is C21H22N2O4. The molecule has 0 bridgehead atoms. The Kier molecular flexibility index (Phi) is 4.71. The summed E-state index contributed by atoms with van der Waals surface area (Å²) in [5, 5.41) is 0. The molecule has 27 heavy (non-hydrogen) atoms. The molecule has 6 nitrogen and oxygen atoms in total. The third kappa shape index (κ3) is 3.47. The van der Waals surface area contributed by atoms with E-state index in [2.05, 4.69) is 0 Å². The van der Waals surface area contributed by atoms with E-state index >= 15 is 0 Å². The molecule has 2 aromatic carbocycles. The van der Waals surface area contributed by atoms with Gasteiger partial charge in [-0.25, -0.2) is 0 Å². The summed E-state index contributed by atoms with van der Waals surface area (Å²) in [6.45, 7) is 1.99. The standard InChI is InChI=1S/C21H22N2O4/c22-20(24)14-4-6-15(7-5-14)21(25)23-10-1-3-17(23)16-8-9-18-19(13-16)27-12-2-11-26-18/h4-9,13,17H,1-3,10-12H2,(H2,22,24)/t17-/m1/s1. The lowest BCUT2D eigenvalue weighted by Gasteiger charge is -2.26. The molecule has 0 radical (unpaired) electrons. The van der Waals surface area contributed by atoms with E-state index in [0.717, 1.165) is 36.3 Å². The van der Waals surface area contributed by atoms with Crippen molar-refractivity contribution in [3.63, 3.8) is 0 Å². The summed E-state index contributed by atoms with van der Waals surface area (Å²) in [6.07, 6.45) is 2.72. The number of fused-ring (bicyclic) bond motifs is 1. The van der Waals surface area contributed by atoms with E-state index in [4.69, 9.17) is 15.2 Å². The Hall–Kier alpha value is -3.02. The third-order valence-electron chi connectivity index (χ3n) is 5.09. The monoisotopic (exact) mass is 366 g/mol. The SMILES string of the molecule is NC(=O)c1ccc(C(=O)N2CCC[C@@H]2c2ccc3c(c2)OCCCO3)cc1. The minimum absolute atomic E-state index is 0.00506. The highest BCUT2D eigenvalue weighted by Crippen LogP contribution is 2.38. The van der Waals surface area contributed by atoms with Gasteiger partial charge in [-0.15, -0.1) is 0 Å². The second-order valence-electron chi connectivity index (χ2n) is 6.85. The van der Waals surface area contributed by atoms with Gasteiger partial charge >= 0.3 is 0 Å². The van der Waals surface area contributed by atoms with Crippen LogP contribution in [0.25, 0.3) is 0 Å². The minimum Gasteiger partial charge on any atom is -0.490 e. The van der Waals surface area contributed by atoms with E-state index in [0.29, 0.717) is 30.9 Å². The van der Waals surface area contributed by atoms with E-state index in [1.807, 2.05) is 23.1 Å². The summed E-state index contributed by atoms with van der Waals surface area (Å²) < 4.78 is 11.5. The summed E-state index contributed by atoms with van der Waals surface area (Å²) in [5.41, 5.74) is 7.28. The second-order valence-corrected chi connectivity index (χ2v) is 6.85. The van der Waals surface area contributed by atoms with E-state index in [-0.39, 0.29) is 11.9 Å². The molecule has 140 valence electrons. The molecule has 6 heteroatoms. The molecule has 2 N–H and O–H groups in total. The molecule has 1 fully saturated rings. The quantitative estimate of drug-likeness (QED) is 0.905. The zero-order valence-corrected chi connectivity index (χ0v) is 15.0. The summed E-state index contributed by atoms with van der Waals surface area (Å²) in [4.78, 5) is 26.1. The van der Waals surface area contributed by atoms with Gasteiger partial charge in [0.15, 0.2) is 11.5 Å². The molecule has 2 aromatic rings. The van der Waals surface area contributed by atoms with Gasteiger partial charge in [0, 0.05) is 24.1 Å². The molecule has 2 heterocycles. The fraction of sp³-hybridized carbons (Fsp3) is 0.333. The predicted molar refractivity (Wildman–Crippen MR) is 100 cm³/mol. The van der Waals surface area contributed by atoms with E-state index in [1.165, 1.54) is 0 Å². The van der Waals surface area contributed by atoms with Gasteiger partial charge in [0.05, 0.1) is 19.3 Å². The van der Waals surface area contributed by atoms with Crippen LogP contribution in [0.1, 0.15) is 51.6 Å². The smallest absolute Gasteiger partial charge is 0.254 e. The maximum atomic E-state index is 13.0. The van der Waals surface area contributed by atoms with Crippen LogP contribution < -0.4 is 15.2 Å². The van der Waals surface area contributed by atoms with Crippen LogP contribution in [0.2, 0.25) is 0 Å². The third-order valence-corrected chi connectivity index (χ3v) is 5.09. The highest BCUT2D eigenvalue weighted by atomic mass is 16.5. The molecule has 0 unspecified atom stereocenters. The Bertz CT molecular complexity index is 863. The topological polar surface area (TPSA) is 81.9 Å². The largest absolute Gasteiger partial charge is 0.490 e. The van der Waals surface area contributed by atoms with Crippen LogP contribution in [0.15, 0.2) is 42.5 Å². The molecule has 4 rings (SSSR count). The predicted octanol–water partition coefficient (Wildman–Crippen LogP) is 2.92. The second kappa shape index (κ2) is 7.31. The first-order valence-corrected chi connectivity index (χ1v) is 9.24. The Morgan fingerprint density at radius 3 is 2.37 bits per heavy atom. The summed E-state index contributed by atoms with van der Waals surface area (Å²) >= 11 is 0. The number of benzene rings is 2. The van der Waals surface area contributed by atoms with Crippen molar-refractivity contribution in [3.8, 4) is 11.5 Å². The summed E-state index contributed by atoms with van der Waals surface area (Å²) in [6, 6.07) is 12.4. The van der Waals surface area contributed by atoms with Crippen LogP contribution >= 0.6 is 0 Å². The van der Waals surface area contributed by atoms with Gasteiger partial charge in [-0.2, -0.15) is 0 Å². The molecular weight excluding hydrogens is 344 g/mol. The first-order chi connectivity index (χ1) is 13.1. The number of amides is 2. The van der Waals surface area contributed by atoms with Crippen molar-refractivity contribution in [1.29, 1.82) is 0 Å². The maximum Gasteiger partial charge on any atom is 0.254 e. The molecule has 0 aliphatic carbocycles. The van der Waals surface area contributed by atoms with Crippen molar-refractivity contribution in [2.24, 2.45) is 5.73 Å². The van der Waals surface area contributed by atoms with Crippen molar-refractivity contribution in [1.82, 2.24) is 4.90 Å². The van der Waals surface area contributed by atoms with Gasteiger partial charge < -0.3 is 20.1 Å². The minimum atomic E-state index is -0.500. The number of hydrogen-bond donors (Lipinski definition) is 1. The lowest BCUT2D eigenvalue weighted by Crippen LogP contribution is -2.30. The van der Waals surface area contributed by atoms with Crippen LogP contribution in [-0.2, 0) is 0 Å². The van der Waals surface area contributed by atoms with Crippen LogP contribution in [0.3, 0.4) is 0 Å². The van der Waals surface area contributed by atoms with Crippen LogP contribution in [-0.4, -0.2) is 36.5 Å². The number of carbonyl (C=O) groups is 2. The Labute approximate surface area is 157 Å². The summed E-state index contributed by atoms with van der Waals surface area (Å²) in [5.74, 6) is 0.963. The van der Waals surface area contributed by atoms with Gasteiger partial charge in [0.2, 0.25) is 5.91 Å². The van der Waals surface area contributed by atoms with Crippen LogP contribution in [0.5, 0.6) is 11.5 Å². The van der Waals surface area contributed by atoms with Crippen LogP contribution in [0.4, 0.5) is 0 Å². The van der Waals surface area contributed by atoms with Crippen molar-refractivity contribution in [2.45, 2.75) is 25.3 Å². The number of rotatable bonds is 3. The number of nitrogens with zero attached hydrogens (tertiary/aromatic N) is 1. The molecule has 2 aliphatic heterocycles. The van der Waals surface area contributed by atoms with Crippen LogP contribution in [0, 0.1) is 0 Å². The average Bonchev–Trinajstić information content (AvgIpc) is 3.06. The maximum absolute atomic E-state index is 13.0. The molecule has 2 aliphatic rings. The zero-order chi connectivity index (χ0) is 18.8. The van der Waals surface area contributed by atoms with Crippen molar-refractivity contribution >= 4 is 11.8 Å². The Balaban J connectivity index is 1.57. The van der Waals surface area contributed by atoms with E-state index in [1.54, 1.807) is 24.3 Å². The first kappa shape index (κ1) is 17.4. The van der Waals surface area contributed by atoms with E-state index < -0.39 is 5.91 Å². The molecule has 0 spiro atoms. The molecule has 2 amide bonds. The van der Waals surface area contributed by atoms with Gasteiger partial charge in [-0.05, 0) is 54.8 Å². The van der Waals surface area contributed by atoms with Crippen molar-refractivity contribution in [2.75, 3.05) is 19.8 Å². The van der Waals surface area contributed by atoms with Gasteiger partial charge in [-0.3, -0.25) is 9.59 Å². The van der Waals surface area contributed by atoms with E-state index in [9.17, 15) is 9.59 Å². The number of ether oxygens (including phenoxy) is 2. The highest BCUT2D eigenvalue weighted by molar-refractivity contribution is 5.97. The Morgan fingerprint density at radius 1 is 0.926 bits per heavy atom. The molecule has 1 saturated heterocycles. The van der Waals surface area contributed by atoms with Crippen molar-refractivity contribution < 1.29 is 19.1 Å². The van der Waals surface area contributed by atoms with Crippen molar-refractivity contribution in [3.05, 3.63) is 59.2 Å². The summed E-state index contributed by atoms with van der Waals surface area (Å²) in [7, 11) is 0. The Morgan fingerprint density at radius 2 is 1.63 bits per heavy atom. The zero-order valence-electron chi connectivity index (χ0n) is 15.0. The average molecular weight is 366 g/mol. The normalized spacial score (nSPS) is 18.8. The number of hydrogen-bond acceptors (Lipinski definition) is 4. The molecule has 0 aromatic heterocycles. The fourth-order valence-corrected chi connectivity index (χ4v) is 3.69. The molecule has 1 atom stereocenters. The van der Waals surface area contributed by atoms with Gasteiger partial charge in [0.1, 0.15) is 0 Å².